The maximum atomic E-state index is 9.10. The van der Waals surface area contributed by atoms with Crippen LogP contribution in [0.3, 0.4) is 0 Å². The van der Waals surface area contributed by atoms with E-state index < -0.39 is 7.75 Å². The number of hydrogen-bond donors (Lipinski definition) is 4. The van der Waals surface area contributed by atoms with E-state index in [2.05, 4.69) is 5.50 Å². The predicted octanol–water partition coefficient (Wildman–Crippen LogP) is 0.952. The molecule has 0 aromatic heterocycles. The Balaban J connectivity index is 0.000000168. The van der Waals surface area contributed by atoms with Crippen molar-refractivity contribution >= 4 is 7.75 Å². The number of nitrogens with two attached hydrogens (primary N) is 2. The fourth-order valence-corrected chi connectivity index (χ4v) is 4.18. The molecule has 0 radical (unpaired) electrons. The van der Waals surface area contributed by atoms with Crippen molar-refractivity contribution < 1.29 is 14.4 Å². The number of hydrogen-bond acceptors (Lipinski definition) is 2. The highest BCUT2D eigenvalue weighted by Crippen LogP contribution is 2.54. The molecule has 6 heteroatoms. The maximum Gasteiger partial charge on any atom is 0.397 e. The Bertz CT molecular complexity index is 272. The molecule has 94 valence electrons. The van der Waals surface area contributed by atoms with Gasteiger partial charge >= 0.3 is 7.75 Å². The van der Waals surface area contributed by atoms with E-state index in [1.54, 1.807) is 0 Å². The molecule has 0 aromatic rings. The molecule has 0 aromatic carbocycles. The summed E-state index contributed by atoms with van der Waals surface area (Å²) in [5.74, 6) is 3.06. The summed E-state index contributed by atoms with van der Waals surface area (Å²) in [4.78, 5) is 14.8. The zero-order chi connectivity index (χ0) is 12.0. The van der Waals surface area contributed by atoms with Crippen LogP contribution in [0.5, 0.6) is 0 Å². The minimum atomic E-state index is -4.14. The van der Waals surface area contributed by atoms with Gasteiger partial charge in [-0.2, -0.15) is 0 Å². The van der Waals surface area contributed by atoms with Crippen molar-refractivity contribution in [3.8, 4) is 0 Å². The van der Waals surface area contributed by atoms with Crippen LogP contribution >= 0.6 is 7.75 Å². The standard InChI is InChI=1S/C10H17N.H4NO3P/c11-10-4-7-1-8(5-10)3-9(2-7)6-10;1-5(2,3)4/h7-9H,1-6,11H2;(H4,1,2,3,4). The Hall–Kier alpha value is 0.0700. The summed E-state index contributed by atoms with van der Waals surface area (Å²) in [5, 5.41) is 0. The molecule has 4 rings (SSSR count). The SMILES string of the molecule is NC12CC3CC(CC(C3)C1)C2.NP(=O)(O)O. The van der Waals surface area contributed by atoms with Crippen molar-refractivity contribution in [3.63, 3.8) is 0 Å². The van der Waals surface area contributed by atoms with Crippen LogP contribution < -0.4 is 11.2 Å². The Morgan fingerprint density at radius 3 is 1.44 bits per heavy atom. The Kier molecular flexibility index (Phi) is 3.19. The van der Waals surface area contributed by atoms with Gasteiger partial charge in [-0.1, -0.05) is 0 Å². The van der Waals surface area contributed by atoms with Crippen molar-refractivity contribution in [1.82, 2.24) is 0 Å². The summed E-state index contributed by atoms with van der Waals surface area (Å²) in [5.41, 5.74) is 10.6. The van der Waals surface area contributed by atoms with Gasteiger partial charge < -0.3 is 15.5 Å². The van der Waals surface area contributed by atoms with Crippen molar-refractivity contribution in [2.75, 3.05) is 0 Å². The van der Waals surface area contributed by atoms with E-state index in [0.717, 1.165) is 17.8 Å². The monoisotopic (exact) mass is 248 g/mol. The van der Waals surface area contributed by atoms with Gasteiger partial charge in [-0.05, 0) is 56.3 Å². The topological polar surface area (TPSA) is 110 Å². The molecule has 0 saturated heterocycles. The summed E-state index contributed by atoms with van der Waals surface area (Å²) >= 11 is 0. The van der Waals surface area contributed by atoms with Crippen molar-refractivity contribution in [1.29, 1.82) is 0 Å². The fourth-order valence-electron chi connectivity index (χ4n) is 4.18. The van der Waals surface area contributed by atoms with Gasteiger partial charge in [0.2, 0.25) is 0 Å². The molecular formula is C10H21N2O3P. The van der Waals surface area contributed by atoms with Crippen LogP contribution in [0.15, 0.2) is 0 Å². The summed E-state index contributed by atoms with van der Waals surface area (Å²) in [7, 11) is -4.14. The molecular weight excluding hydrogens is 227 g/mol. The van der Waals surface area contributed by atoms with Gasteiger partial charge in [-0.3, -0.25) is 0 Å². The van der Waals surface area contributed by atoms with Crippen LogP contribution in [0.2, 0.25) is 0 Å². The molecule has 5 nitrogen and oxygen atoms in total. The second-order valence-electron chi connectivity index (χ2n) is 5.87. The average molecular weight is 248 g/mol. The Labute approximate surface area is 95.8 Å². The highest BCUT2D eigenvalue weighted by molar-refractivity contribution is 7.49. The first-order valence-electron chi connectivity index (χ1n) is 5.86. The maximum absolute atomic E-state index is 9.10. The minimum absolute atomic E-state index is 0.300. The minimum Gasteiger partial charge on any atom is -0.325 e. The first kappa shape index (κ1) is 12.5. The normalized spacial score (nSPS) is 45.1. The molecule has 0 spiro atoms. The highest BCUT2D eigenvalue weighted by atomic mass is 31.2. The average Bonchev–Trinajstić information content (AvgIpc) is 1.93. The number of rotatable bonds is 0. The van der Waals surface area contributed by atoms with Crippen LogP contribution in [0, 0.1) is 17.8 Å². The van der Waals surface area contributed by atoms with E-state index in [0.29, 0.717) is 5.54 Å². The van der Waals surface area contributed by atoms with Gasteiger partial charge in [-0.15, -0.1) is 0 Å². The Morgan fingerprint density at radius 1 is 1.00 bits per heavy atom. The van der Waals surface area contributed by atoms with E-state index in [9.17, 15) is 0 Å². The molecule has 0 unspecified atom stereocenters. The van der Waals surface area contributed by atoms with E-state index in [1.807, 2.05) is 0 Å². The van der Waals surface area contributed by atoms with Crippen LogP contribution in [0.4, 0.5) is 0 Å². The molecule has 4 aliphatic rings. The summed E-state index contributed by atoms with van der Waals surface area (Å²) < 4.78 is 9.10. The van der Waals surface area contributed by atoms with Crippen LogP contribution in [-0.4, -0.2) is 15.3 Å². The lowest BCUT2D eigenvalue weighted by Crippen LogP contribution is -2.55. The summed E-state index contributed by atoms with van der Waals surface area (Å²) in [6.45, 7) is 0. The highest BCUT2D eigenvalue weighted by Gasteiger charge is 2.48. The molecule has 0 amide bonds. The quantitative estimate of drug-likeness (QED) is 0.477. The molecule has 6 N–H and O–H groups in total. The van der Waals surface area contributed by atoms with Gasteiger partial charge in [0, 0.05) is 5.54 Å². The second kappa shape index (κ2) is 4.07. The molecule has 4 fully saturated rings. The first-order valence-corrected chi connectivity index (χ1v) is 7.55. The van der Waals surface area contributed by atoms with E-state index in [1.165, 1.54) is 38.5 Å². The van der Waals surface area contributed by atoms with Gasteiger partial charge in [0.05, 0.1) is 0 Å². The predicted molar refractivity (Wildman–Crippen MR) is 61.3 cm³/mol. The second-order valence-corrected chi connectivity index (χ2v) is 7.05. The lowest BCUT2D eigenvalue weighted by atomic mass is 9.53. The molecule has 16 heavy (non-hydrogen) atoms. The first-order chi connectivity index (χ1) is 7.23. The van der Waals surface area contributed by atoms with Crippen molar-refractivity contribution in [3.05, 3.63) is 0 Å². The largest absolute Gasteiger partial charge is 0.397 e. The Morgan fingerprint density at radius 2 is 1.25 bits per heavy atom. The third-order valence-electron chi connectivity index (χ3n) is 4.09. The fraction of sp³-hybridized carbons (Fsp3) is 1.00. The van der Waals surface area contributed by atoms with Gasteiger partial charge in [0.1, 0.15) is 0 Å². The molecule has 4 saturated carbocycles. The molecule has 0 heterocycles. The van der Waals surface area contributed by atoms with Crippen LogP contribution in [0.1, 0.15) is 38.5 Å². The van der Waals surface area contributed by atoms with Crippen molar-refractivity contribution in [2.45, 2.75) is 44.1 Å². The van der Waals surface area contributed by atoms with Gasteiger partial charge in [0.25, 0.3) is 0 Å². The summed E-state index contributed by atoms with van der Waals surface area (Å²) in [6.07, 6.45) is 8.57. The lowest BCUT2D eigenvalue weighted by Gasteiger charge is -2.55. The smallest absolute Gasteiger partial charge is 0.325 e. The van der Waals surface area contributed by atoms with E-state index in [4.69, 9.17) is 20.1 Å². The third kappa shape index (κ3) is 3.28. The van der Waals surface area contributed by atoms with E-state index >= 15 is 0 Å². The van der Waals surface area contributed by atoms with Crippen molar-refractivity contribution in [2.24, 2.45) is 29.0 Å². The molecule has 0 atom stereocenters. The lowest BCUT2D eigenvalue weighted by molar-refractivity contribution is 0.000364. The third-order valence-corrected chi connectivity index (χ3v) is 4.09. The van der Waals surface area contributed by atoms with Crippen LogP contribution in [-0.2, 0) is 4.57 Å². The summed E-state index contributed by atoms with van der Waals surface area (Å²) in [6, 6.07) is 0. The van der Waals surface area contributed by atoms with Gasteiger partial charge in [0.15, 0.2) is 0 Å². The molecule has 0 aliphatic heterocycles. The van der Waals surface area contributed by atoms with E-state index in [-0.39, 0.29) is 0 Å². The molecule has 4 bridgehead atoms. The zero-order valence-electron chi connectivity index (χ0n) is 9.38. The van der Waals surface area contributed by atoms with Gasteiger partial charge in [-0.25, -0.2) is 10.1 Å². The zero-order valence-corrected chi connectivity index (χ0v) is 10.3. The van der Waals surface area contributed by atoms with Crippen LogP contribution in [0.25, 0.3) is 0 Å². The molecule has 4 aliphatic carbocycles.